The van der Waals surface area contributed by atoms with Gasteiger partial charge in [0.15, 0.2) is 5.82 Å². The van der Waals surface area contributed by atoms with E-state index in [1.807, 2.05) is 7.05 Å². The van der Waals surface area contributed by atoms with E-state index in [-0.39, 0.29) is 24.0 Å². The van der Waals surface area contributed by atoms with E-state index >= 15 is 0 Å². The minimum Gasteiger partial charge on any atom is -0.383 e. The van der Waals surface area contributed by atoms with Crippen molar-refractivity contribution in [1.82, 2.24) is 14.7 Å². The summed E-state index contributed by atoms with van der Waals surface area (Å²) in [5.41, 5.74) is 0.953. The van der Waals surface area contributed by atoms with E-state index in [0.717, 1.165) is 0 Å². The van der Waals surface area contributed by atoms with Gasteiger partial charge in [0, 0.05) is 40.0 Å². The number of ether oxygens (including phenoxy) is 2. The van der Waals surface area contributed by atoms with Crippen LogP contribution in [0.4, 0.5) is 17.5 Å². The van der Waals surface area contributed by atoms with Crippen molar-refractivity contribution < 1.29 is 17.9 Å². The Labute approximate surface area is 170 Å². The molecule has 0 fully saturated rings. The Morgan fingerprint density at radius 3 is 2.48 bits per heavy atom. The lowest BCUT2D eigenvalue weighted by Gasteiger charge is -2.19. The molecule has 29 heavy (non-hydrogen) atoms. The molecule has 0 radical (unpaired) electrons. The third-order valence-corrected chi connectivity index (χ3v) is 5.38. The predicted molar refractivity (Wildman–Crippen MR) is 109 cm³/mol. The molecule has 0 saturated heterocycles. The van der Waals surface area contributed by atoms with Crippen molar-refractivity contribution in [2.24, 2.45) is 0 Å². The maximum Gasteiger partial charge on any atom is 0.240 e. The molecule has 1 aromatic heterocycles. The third kappa shape index (κ3) is 6.37. The first-order valence-electron chi connectivity index (χ1n) is 8.74. The summed E-state index contributed by atoms with van der Waals surface area (Å²) in [6, 6.07) is 8.25. The van der Waals surface area contributed by atoms with Gasteiger partial charge in [-0.3, -0.25) is 0 Å². The highest BCUT2D eigenvalue weighted by molar-refractivity contribution is 7.89. The number of aromatic nitrogens is 2. The number of benzene rings is 1. The molecule has 156 valence electrons. The Balaban J connectivity index is 2.14. The van der Waals surface area contributed by atoms with Gasteiger partial charge in [-0.1, -0.05) is 0 Å². The summed E-state index contributed by atoms with van der Waals surface area (Å²) in [5.74, 6) is 0.765. The predicted octanol–water partition coefficient (Wildman–Crippen LogP) is 1.10. The summed E-state index contributed by atoms with van der Waals surface area (Å²) in [7, 11) is 1.31. The van der Waals surface area contributed by atoms with E-state index in [1.165, 1.54) is 25.4 Å². The van der Waals surface area contributed by atoms with Gasteiger partial charge >= 0.3 is 0 Å². The Morgan fingerprint density at radius 2 is 1.86 bits per heavy atom. The second-order valence-electron chi connectivity index (χ2n) is 6.00. The Hall–Kier alpha value is -2.78. The molecule has 0 saturated carbocycles. The van der Waals surface area contributed by atoms with E-state index in [4.69, 9.17) is 9.47 Å². The van der Waals surface area contributed by atoms with Crippen LogP contribution in [-0.4, -0.2) is 66.0 Å². The second-order valence-corrected chi connectivity index (χ2v) is 7.76. The normalized spacial score (nSPS) is 11.1. The molecule has 2 aromatic rings. The van der Waals surface area contributed by atoms with Gasteiger partial charge in [0.1, 0.15) is 11.6 Å². The van der Waals surface area contributed by atoms with Gasteiger partial charge in [-0.25, -0.2) is 18.1 Å². The highest BCUT2D eigenvalue weighted by Gasteiger charge is 2.14. The molecule has 0 aliphatic heterocycles. The molecule has 0 atom stereocenters. The van der Waals surface area contributed by atoms with Gasteiger partial charge in [-0.05, 0) is 24.3 Å². The summed E-state index contributed by atoms with van der Waals surface area (Å²) in [4.78, 5) is 10.5. The van der Waals surface area contributed by atoms with Crippen LogP contribution in [0.5, 0.6) is 0 Å². The lowest BCUT2D eigenvalue weighted by Crippen LogP contribution is -2.27. The first-order chi connectivity index (χ1) is 13.9. The smallest absolute Gasteiger partial charge is 0.240 e. The van der Waals surface area contributed by atoms with Crippen LogP contribution in [0.25, 0.3) is 0 Å². The Morgan fingerprint density at radius 1 is 1.17 bits per heavy atom. The van der Waals surface area contributed by atoms with Gasteiger partial charge in [0.2, 0.25) is 16.0 Å². The molecule has 1 aromatic carbocycles. The standard InChI is InChI=1S/C18H24N6O4S/c1-24(9-11-28-3)17-14(12-19)13-20-18(23-17)22-15-4-6-16(7-5-15)29(25,26)21-8-10-27-2/h4-7,13,21H,8-11H2,1-3H3,(H,20,22,23). The average molecular weight is 420 g/mol. The van der Waals surface area contributed by atoms with E-state index < -0.39 is 10.0 Å². The van der Waals surface area contributed by atoms with Crippen LogP contribution in [0, 0.1) is 11.3 Å². The maximum atomic E-state index is 12.2. The van der Waals surface area contributed by atoms with Crippen LogP contribution >= 0.6 is 0 Å². The number of sulfonamides is 1. The number of nitrogens with zero attached hydrogens (tertiary/aromatic N) is 4. The summed E-state index contributed by atoms with van der Waals surface area (Å²) >= 11 is 0. The zero-order chi connectivity index (χ0) is 21.3. The third-order valence-electron chi connectivity index (χ3n) is 3.90. The molecule has 0 unspecified atom stereocenters. The van der Waals surface area contributed by atoms with E-state index in [0.29, 0.717) is 30.2 Å². The summed E-state index contributed by atoms with van der Waals surface area (Å²) in [6.07, 6.45) is 1.44. The largest absolute Gasteiger partial charge is 0.383 e. The number of methoxy groups -OCH3 is 2. The molecule has 0 spiro atoms. The van der Waals surface area contributed by atoms with Gasteiger partial charge in [0.25, 0.3) is 0 Å². The minimum absolute atomic E-state index is 0.139. The zero-order valence-corrected chi connectivity index (χ0v) is 17.4. The van der Waals surface area contributed by atoms with Crippen molar-refractivity contribution in [1.29, 1.82) is 5.26 Å². The monoisotopic (exact) mass is 420 g/mol. The molecule has 11 heteroatoms. The van der Waals surface area contributed by atoms with Crippen molar-refractivity contribution in [3.8, 4) is 6.07 Å². The quantitative estimate of drug-likeness (QED) is 0.513. The van der Waals surface area contributed by atoms with Crippen LogP contribution in [0.2, 0.25) is 0 Å². The van der Waals surface area contributed by atoms with Gasteiger partial charge < -0.3 is 19.7 Å². The number of hydrogen-bond acceptors (Lipinski definition) is 9. The minimum atomic E-state index is -3.60. The lowest BCUT2D eigenvalue weighted by atomic mass is 10.3. The summed E-state index contributed by atoms with van der Waals surface area (Å²) in [6.45, 7) is 1.53. The summed E-state index contributed by atoms with van der Waals surface area (Å²) < 4.78 is 36.7. The van der Waals surface area contributed by atoms with Crippen molar-refractivity contribution in [2.45, 2.75) is 4.90 Å². The molecule has 2 N–H and O–H groups in total. The number of hydrogen-bond donors (Lipinski definition) is 2. The number of nitrogens with one attached hydrogen (secondary N) is 2. The van der Waals surface area contributed by atoms with Crippen LogP contribution < -0.4 is 14.9 Å². The van der Waals surface area contributed by atoms with Crippen LogP contribution in [0.1, 0.15) is 5.56 Å². The molecular formula is C18H24N6O4S. The van der Waals surface area contributed by atoms with Gasteiger partial charge in [-0.15, -0.1) is 0 Å². The van der Waals surface area contributed by atoms with Crippen LogP contribution in [0.3, 0.4) is 0 Å². The molecule has 1 heterocycles. The van der Waals surface area contributed by atoms with Crippen LogP contribution in [-0.2, 0) is 19.5 Å². The summed E-state index contributed by atoms with van der Waals surface area (Å²) in [5, 5.41) is 12.3. The highest BCUT2D eigenvalue weighted by Crippen LogP contribution is 2.20. The van der Waals surface area contributed by atoms with Gasteiger partial charge in [0.05, 0.1) is 24.3 Å². The molecule has 0 bridgehead atoms. The first-order valence-corrected chi connectivity index (χ1v) is 10.2. The molecule has 0 amide bonds. The van der Waals surface area contributed by atoms with Crippen molar-refractivity contribution in [3.63, 3.8) is 0 Å². The number of likely N-dealkylation sites (N-methyl/N-ethyl adjacent to an activating group) is 1. The number of rotatable bonds is 11. The van der Waals surface area contributed by atoms with Crippen LogP contribution in [0.15, 0.2) is 35.4 Å². The fraction of sp³-hybridized carbons (Fsp3) is 0.389. The van der Waals surface area contributed by atoms with E-state index in [1.54, 1.807) is 24.1 Å². The zero-order valence-electron chi connectivity index (χ0n) is 16.5. The lowest BCUT2D eigenvalue weighted by molar-refractivity contribution is 0.204. The van der Waals surface area contributed by atoms with E-state index in [9.17, 15) is 13.7 Å². The molecule has 0 aliphatic carbocycles. The SMILES string of the molecule is COCCNS(=O)(=O)c1ccc(Nc2ncc(C#N)c(N(C)CCOC)n2)cc1. The Bertz CT molecular complexity index is 944. The molecule has 0 aliphatic rings. The first kappa shape index (κ1) is 22.5. The van der Waals surface area contributed by atoms with Crippen molar-refractivity contribution in [3.05, 3.63) is 36.0 Å². The van der Waals surface area contributed by atoms with Gasteiger partial charge in [-0.2, -0.15) is 10.2 Å². The Kier molecular flexibility index (Phi) is 8.29. The molecule has 10 nitrogen and oxygen atoms in total. The fourth-order valence-electron chi connectivity index (χ4n) is 2.34. The topological polar surface area (TPSA) is 129 Å². The van der Waals surface area contributed by atoms with Crippen molar-refractivity contribution in [2.75, 3.05) is 57.8 Å². The van der Waals surface area contributed by atoms with E-state index in [2.05, 4.69) is 26.1 Å². The second kappa shape index (κ2) is 10.7. The highest BCUT2D eigenvalue weighted by atomic mass is 32.2. The molecule has 2 rings (SSSR count). The fourth-order valence-corrected chi connectivity index (χ4v) is 3.36. The number of nitriles is 1. The maximum absolute atomic E-state index is 12.2. The van der Waals surface area contributed by atoms with Crippen molar-refractivity contribution >= 4 is 27.5 Å². The molecular weight excluding hydrogens is 396 g/mol. The number of anilines is 3. The average Bonchev–Trinajstić information content (AvgIpc) is 2.72.